The van der Waals surface area contributed by atoms with E-state index in [9.17, 15) is 4.79 Å². The van der Waals surface area contributed by atoms with Gasteiger partial charge >= 0.3 is 0 Å². The molecule has 0 radical (unpaired) electrons. The smallest absolute Gasteiger partial charge is 0.256 e. The van der Waals surface area contributed by atoms with Crippen molar-refractivity contribution in [2.24, 2.45) is 0 Å². The van der Waals surface area contributed by atoms with Crippen molar-refractivity contribution in [1.82, 2.24) is 9.78 Å². The Morgan fingerprint density at radius 2 is 1.64 bits per heavy atom. The summed E-state index contributed by atoms with van der Waals surface area (Å²) < 4.78 is 7.47. The highest BCUT2D eigenvalue weighted by Gasteiger charge is 2.13. The average Bonchev–Trinajstić information content (AvgIpc) is 3.15. The highest BCUT2D eigenvalue weighted by molar-refractivity contribution is 6.33. The van der Waals surface area contributed by atoms with Crippen LogP contribution in [0.3, 0.4) is 0 Å². The molecule has 1 N–H and O–H groups in total. The van der Waals surface area contributed by atoms with E-state index < -0.39 is 0 Å². The minimum absolute atomic E-state index is 0.297. The van der Waals surface area contributed by atoms with Gasteiger partial charge in [-0.2, -0.15) is 5.10 Å². The summed E-state index contributed by atoms with van der Waals surface area (Å²) in [6.07, 6.45) is 1.67. The minimum atomic E-state index is -0.297. The van der Waals surface area contributed by atoms with Gasteiger partial charge in [-0.1, -0.05) is 59.1 Å². The number of carbonyl (C=O) groups excluding carboxylic acids is 1. The maximum absolute atomic E-state index is 12.7. The van der Waals surface area contributed by atoms with Gasteiger partial charge in [0.2, 0.25) is 0 Å². The number of hydrogen-bond acceptors (Lipinski definition) is 3. The molecule has 1 aromatic heterocycles. The van der Waals surface area contributed by atoms with Crippen molar-refractivity contribution in [3.05, 3.63) is 110 Å². The number of aryl methyl sites for hydroxylation is 1. The molecule has 4 aromatic rings. The Balaban J connectivity index is 1.36. The van der Waals surface area contributed by atoms with Crippen molar-refractivity contribution in [3.8, 4) is 5.75 Å². The topological polar surface area (TPSA) is 56.1 Å². The summed E-state index contributed by atoms with van der Waals surface area (Å²) in [5, 5.41) is 8.87. The van der Waals surface area contributed by atoms with Crippen LogP contribution in [-0.4, -0.2) is 15.7 Å². The molecule has 1 heterocycles. The van der Waals surface area contributed by atoms with Crippen LogP contribution in [0, 0.1) is 6.92 Å². The van der Waals surface area contributed by atoms with Crippen LogP contribution in [0.25, 0.3) is 0 Å². The number of carbonyl (C=O) groups is 1. The fraction of sp³-hybridized carbons (Fsp3) is 0.120. The maximum atomic E-state index is 12.7. The largest absolute Gasteiger partial charge is 0.489 e. The molecule has 0 unspecified atom stereocenters. The zero-order valence-electron chi connectivity index (χ0n) is 17.7. The quantitative estimate of drug-likeness (QED) is 0.296. The SMILES string of the molecule is Cc1cc(OCc2ccc(C(=O)Nc3nn(Cc4ccc(Cl)cc4)cc3Cl)cc2)ccc1Cl. The summed E-state index contributed by atoms with van der Waals surface area (Å²) in [5.74, 6) is 0.748. The zero-order valence-corrected chi connectivity index (χ0v) is 20.0. The molecule has 8 heteroatoms. The fourth-order valence-electron chi connectivity index (χ4n) is 3.15. The fourth-order valence-corrected chi connectivity index (χ4v) is 3.59. The van der Waals surface area contributed by atoms with Crippen molar-refractivity contribution in [3.63, 3.8) is 0 Å². The molecular formula is C25H20Cl3N3O2. The predicted molar refractivity (Wildman–Crippen MR) is 133 cm³/mol. The second-order valence-corrected chi connectivity index (χ2v) is 8.75. The standard InChI is InChI=1S/C25H20Cl3N3O2/c1-16-12-21(10-11-22(16)27)33-15-18-2-6-19(7-3-18)25(32)29-24-23(28)14-31(30-24)13-17-4-8-20(26)9-5-17/h2-12,14H,13,15H2,1H3,(H,29,30,32). The minimum Gasteiger partial charge on any atom is -0.489 e. The molecule has 0 aliphatic rings. The molecular weight excluding hydrogens is 481 g/mol. The molecule has 0 fully saturated rings. The van der Waals surface area contributed by atoms with Crippen LogP contribution in [0.1, 0.15) is 27.0 Å². The first-order chi connectivity index (χ1) is 15.9. The second kappa shape index (κ2) is 10.3. The number of nitrogens with zero attached hydrogens (tertiary/aromatic N) is 2. The number of halogens is 3. The molecule has 0 aliphatic heterocycles. The monoisotopic (exact) mass is 499 g/mol. The van der Waals surface area contributed by atoms with E-state index in [0.717, 1.165) is 22.4 Å². The summed E-state index contributed by atoms with van der Waals surface area (Å²) in [5.41, 5.74) is 3.40. The summed E-state index contributed by atoms with van der Waals surface area (Å²) in [6.45, 7) is 2.81. The van der Waals surface area contributed by atoms with E-state index in [4.69, 9.17) is 39.5 Å². The Morgan fingerprint density at radius 3 is 2.33 bits per heavy atom. The summed E-state index contributed by atoms with van der Waals surface area (Å²) >= 11 is 18.2. The first kappa shape index (κ1) is 23.2. The molecule has 4 rings (SSSR count). The zero-order chi connectivity index (χ0) is 23.4. The number of amides is 1. The van der Waals surface area contributed by atoms with Crippen LogP contribution in [0.2, 0.25) is 15.1 Å². The van der Waals surface area contributed by atoms with Crippen LogP contribution in [0.4, 0.5) is 5.82 Å². The van der Waals surface area contributed by atoms with Crippen LogP contribution < -0.4 is 10.1 Å². The molecule has 0 aliphatic carbocycles. The molecule has 33 heavy (non-hydrogen) atoms. The lowest BCUT2D eigenvalue weighted by molar-refractivity contribution is 0.102. The van der Waals surface area contributed by atoms with Gasteiger partial charge < -0.3 is 10.1 Å². The van der Waals surface area contributed by atoms with Gasteiger partial charge in [0.25, 0.3) is 5.91 Å². The third kappa shape index (κ3) is 6.08. The van der Waals surface area contributed by atoms with Gasteiger partial charge in [-0.05, 0) is 66.1 Å². The number of benzene rings is 3. The van der Waals surface area contributed by atoms with Crippen molar-refractivity contribution < 1.29 is 9.53 Å². The summed E-state index contributed by atoms with van der Waals surface area (Å²) in [4.78, 5) is 12.7. The molecule has 1 amide bonds. The van der Waals surface area contributed by atoms with Crippen LogP contribution in [-0.2, 0) is 13.2 Å². The van der Waals surface area contributed by atoms with E-state index in [2.05, 4.69) is 10.4 Å². The number of ether oxygens (including phenoxy) is 1. The van der Waals surface area contributed by atoms with Gasteiger partial charge in [0.15, 0.2) is 5.82 Å². The predicted octanol–water partition coefficient (Wildman–Crippen LogP) is 7.03. The number of aromatic nitrogens is 2. The van der Waals surface area contributed by atoms with Gasteiger partial charge in [0.05, 0.1) is 6.54 Å². The maximum Gasteiger partial charge on any atom is 0.256 e. The number of rotatable bonds is 7. The van der Waals surface area contributed by atoms with Gasteiger partial charge in [-0.3, -0.25) is 9.48 Å². The average molecular weight is 501 g/mol. The highest BCUT2D eigenvalue weighted by atomic mass is 35.5. The van der Waals surface area contributed by atoms with Crippen LogP contribution in [0.5, 0.6) is 5.75 Å². The Labute approximate surface area is 206 Å². The van der Waals surface area contributed by atoms with Crippen LogP contribution >= 0.6 is 34.8 Å². The summed E-state index contributed by atoms with van der Waals surface area (Å²) in [6, 6.07) is 20.1. The number of nitrogens with one attached hydrogen (secondary N) is 1. The van der Waals surface area contributed by atoms with E-state index in [1.165, 1.54) is 0 Å². The third-order valence-corrected chi connectivity index (χ3v) is 5.91. The molecule has 3 aromatic carbocycles. The molecule has 5 nitrogen and oxygen atoms in total. The van der Waals surface area contributed by atoms with E-state index >= 15 is 0 Å². The van der Waals surface area contributed by atoms with Crippen molar-refractivity contribution >= 4 is 46.5 Å². The lowest BCUT2D eigenvalue weighted by atomic mass is 10.1. The first-order valence-corrected chi connectivity index (χ1v) is 11.3. The van der Waals surface area contributed by atoms with Gasteiger partial charge in [0.1, 0.15) is 17.4 Å². The van der Waals surface area contributed by atoms with Crippen LogP contribution in [0.15, 0.2) is 72.9 Å². The molecule has 0 saturated heterocycles. The Bertz CT molecular complexity index is 1270. The van der Waals surface area contributed by atoms with Crippen molar-refractivity contribution in [2.75, 3.05) is 5.32 Å². The lowest BCUT2D eigenvalue weighted by Crippen LogP contribution is -2.13. The number of hydrogen-bond donors (Lipinski definition) is 1. The normalized spacial score (nSPS) is 10.8. The van der Waals surface area contributed by atoms with Crippen molar-refractivity contribution in [2.45, 2.75) is 20.1 Å². The molecule has 168 valence electrons. The van der Waals surface area contributed by atoms with Gasteiger partial charge in [-0.25, -0.2) is 0 Å². The second-order valence-electron chi connectivity index (χ2n) is 7.50. The number of anilines is 1. The Hall–Kier alpha value is -2.99. The summed E-state index contributed by atoms with van der Waals surface area (Å²) in [7, 11) is 0. The van der Waals surface area contributed by atoms with E-state index in [-0.39, 0.29) is 5.91 Å². The van der Waals surface area contributed by atoms with E-state index in [1.807, 2.05) is 61.5 Å². The first-order valence-electron chi connectivity index (χ1n) is 10.1. The van der Waals surface area contributed by atoms with E-state index in [1.54, 1.807) is 23.0 Å². The highest BCUT2D eigenvalue weighted by Crippen LogP contribution is 2.23. The van der Waals surface area contributed by atoms with Crippen molar-refractivity contribution in [1.29, 1.82) is 0 Å². The molecule has 0 bridgehead atoms. The van der Waals surface area contributed by atoms with Gasteiger partial charge in [-0.15, -0.1) is 0 Å². The van der Waals surface area contributed by atoms with Gasteiger partial charge in [0, 0.05) is 21.8 Å². The Kier molecular flexibility index (Phi) is 7.23. The third-order valence-electron chi connectivity index (χ3n) is 4.96. The molecule has 0 spiro atoms. The molecule has 0 saturated carbocycles. The molecule has 0 atom stereocenters. The lowest BCUT2D eigenvalue weighted by Gasteiger charge is -2.09. The van der Waals surface area contributed by atoms with E-state index in [0.29, 0.717) is 39.6 Å². The Morgan fingerprint density at radius 1 is 0.939 bits per heavy atom.